The zero-order chi connectivity index (χ0) is 13.1. The first-order valence-corrected chi connectivity index (χ1v) is 4.86. The molecule has 0 atom stereocenters. The van der Waals surface area contributed by atoms with Crippen LogP contribution in [0.4, 0.5) is 23.7 Å². The van der Waals surface area contributed by atoms with E-state index >= 15 is 0 Å². The number of anilines is 1. The van der Waals surface area contributed by atoms with Crippen LogP contribution in [0.25, 0.3) is 0 Å². The molecule has 1 amide bonds. The standard InChI is InChI=1S/C11H12F3NO2/c1-7-4-3-5-8(2)9(7)15-10(16)17-6-11(12,13)14/h3-5H,6H2,1-2H3,(H,15,16). The second kappa shape index (κ2) is 5.07. The van der Waals surface area contributed by atoms with Crippen LogP contribution >= 0.6 is 0 Å². The summed E-state index contributed by atoms with van der Waals surface area (Å²) in [6.45, 7) is 1.89. The summed E-state index contributed by atoms with van der Waals surface area (Å²) in [4.78, 5) is 11.1. The molecule has 0 fully saturated rings. The van der Waals surface area contributed by atoms with E-state index in [9.17, 15) is 18.0 Å². The van der Waals surface area contributed by atoms with E-state index in [1.54, 1.807) is 32.0 Å². The predicted molar refractivity (Wildman–Crippen MR) is 56.9 cm³/mol. The number of carbonyl (C=O) groups is 1. The Balaban J connectivity index is 2.63. The number of ether oxygens (including phenoxy) is 1. The molecular formula is C11H12F3NO2. The summed E-state index contributed by atoms with van der Waals surface area (Å²) in [5, 5.41) is 2.29. The van der Waals surface area contributed by atoms with E-state index in [4.69, 9.17) is 0 Å². The van der Waals surface area contributed by atoms with Crippen molar-refractivity contribution in [3.05, 3.63) is 29.3 Å². The van der Waals surface area contributed by atoms with Crippen molar-refractivity contribution in [2.75, 3.05) is 11.9 Å². The Labute approximate surface area is 96.6 Å². The van der Waals surface area contributed by atoms with E-state index in [1.165, 1.54) is 0 Å². The maximum absolute atomic E-state index is 11.8. The molecule has 3 nitrogen and oxygen atoms in total. The van der Waals surface area contributed by atoms with E-state index in [0.29, 0.717) is 5.69 Å². The molecule has 1 aromatic carbocycles. The van der Waals surface area contributed by atoms with Gasteiger partial charge in [-0.1, -0.05) is 18.2 Å². The summed E-state index contributed by atoms with van der Waals surface area (Å²) >= 11 is 0. The number of carbonyl (C=O) groups excluding carboxylic acids is 1. The number of nitrogens with one attached hydrogen (secondary N) is 1. The van der Waals surface area contributed by atoms with Crippen LogP contribution in [0.15, 0.2) is 18.2 Å². The first kappa shape index (κ1) is 13.3. The number of alkyl halides is 3. The number of benzene rings is 1. The highest BCUT2D eigenvalue weighted by Gasteiger charge is 2.29. The van der Waals surface area contributed by atoms with Gasteiger partial charge in [0.05, 0.1) is 0 Å². The van der Waals surface area contributed by atoms with Gasteiger partial charge < -0.3 is 4.74 Å². The van der Waals surface area contributed by atoms with Gasteiger partial charge in [-0.05, 0) is 25.0 Å². The summed E-state index contributed by atoms with van der Waals surface area (Å²) in [5.41, 5.74) is 1.99. The Morgan fingerprint density at radius 1 is 1.29 bits per heavy atom. The average Bonchev–Trinajstić information content (AvgIpc) is 2.20. The van der Waals surface area contributed by atoms with Crippen molar-refractivity contribution in [1.29, 1.82) is 0 Å². The molecule has 1 rings (SSSR count). The summed E-state index contributed by atoms with van der Waals surface area (Å²) in [5.74, 6) is 0. The molecule has 0 saturated carbocycles. The van der Waals surface area contributed by atoms with Crippen LogP contribution in [0.5, 0.6) is 0 Å². The highest BCUT2D eigenvalue weighted by molar-refractivity contribution is 5.86. The molecule has 0 heterocycles. The van der Waals surface area contributed by atoms with Gasteiger partial charge in [-0.3, -0.25) is 5.32 Å². The van der Waals surface area contributed by atoms with Gasteiger partial charge in [0.2, 0.25) is 0 Å². The summed E-state index contributed by atoms with van der Waals surface area (Å²) in [7, 11) is 0. The number of amides is 1. The Morgan fingerprint density at radius 3 is 2.29 bits per heavy atom. The first-order valence-electron chi connectivity index (χ1n) is 4.86. The smallest absolute Gasteiger partial charge is 0.422 e. The van der Waals surface area contributed by atoms with Crippen LogP contribution in [-0.4, -0.2) is 18.9 Å². The van der Waals surface area contributed by atoms with Crippen molar-refractivity contribution in [1.82, 2.24) is 0 Å². The summed E-state index contributed by atoms with van der Waals surface area (Å²) in [6, 6.07) is 5.27. The third-order valence-electron chi connectivity index (χ3n) is 2.08. The van der Waals surface area contributed by atoms with Gasteiger partial charge in [-0.15, -0.1) is 0 Å². The van der Waals surface area contributed by atoms with Gasteiger partial charge in [-0.2, -0.15) is 13.2 Å². The molecule has 94 valence electrons. The van der Waals surface area contributed by atoms with E-state index in [0.717, 1.165) is 11.1 Å². The molecule has 0 spiro atoms. The number of rotatable bonds is 2. The highest BCUT2D eigenvalue weighted by Crippen LogP contribution is 2.20. The van der Waals surface area contributed by atoms with Crippen LogP contribution < -0.4 is 5.32 Å². The van der Waals surface area contributed by atoms with Crippen molar-refractivity contribution in [2.24, 2.45) is 0 Å². The molecule has 0 aliphatic heterocycles. The molecule has 0 aliphatic carbocycles. The molecule has 0 unspecified atom stereocenters. The van der Waals surface area contributed by atoms with Gasteiger partial charge >= 0.3 is 12.3 Å². The number of aryl methyl sites for hydroxylation is 2. The molecule has 0 bridgehead atoms. The SMILES string of the molecule is Cc1cccc(C)c1NC(=O)OCC(F)(F)F. The number of halogens is 3. The largest absolute Gasteiger partial charge is 0.440 e. The average molecular weight is 247 g/mol. The molecule has 1 N–H and O–H groups in total. The Hall–Kier alpha value is -1.72. The van der Waals surface area contributed by atoms with Crippen molar-refractivity contribution < 1.29 is 22.7 Å². The Bertz CT molecular complexity index is 395. The second-order valence-electron chi connectivity index (χ2n) is 3.58. The van der Waals surface area contributed by atoms with Crippen molar-refractivity contribution in [2.45, 2.75) is 20.0 Å². The van der Waals surface area contributed by atoms with Crippen LogP contribution in [0.1, 0.15) is 11.1 Å². The van der Waals surface area contributed by atoms with Crippen LogP contribution in [0.3, 0.4) is 0 Å². The monoisotopic (exact) mass is 247 g/mol. The maximum Gasteiger partial charge on any atom is 0.422 e. The minimum absolute atomic E-state index is 0.472. The minimum Gasteiger partial charge on any atom is -0.440 e. The lowest BCUT2D eigenvalue weighted by molar-refractivity contribution is -0.159. The van der Waals surface area contributed by atoms with E-state index in [-0.39, 0.29) is 0 Å². The molecule has 17 heavy (non-hydrogen) atoms. The quantitative estimate of drug-likeness (QED) is 0.869. The summed E-state index contributed by atoms with van der Waals surface area (Å²) < 4.78 is 39.5. The molecular weight excluding hydrogens is 235 g/mol. The molecule has 0 radical (unpaired) electrons. The topological polar surface area (TPSA) is 38.3 Å². The maximum atomic E-state index is 11.8. The van der Waals surface area contributed by atoms with Gasteiger partial charge in [0.15, 0.2) is 6.61 Å². The number of hydrogen-bond donors (Lipinski definition) is 1. The predicted octanol–water partition coefficient (Wildman–Crippen LogP) is 3.41. The fourth-order valence-corrected chi connectivity index (χ4v) is 1.30. The van der Waals surface area contributed by atoms with Crippen molar-refractivity contribution >= 4 is 11.8 Å². The fraction of sp³-hybridized carbons (Fsp3) is 0.364. The molecule has 1 aromatic rings. The van der Waals surface area contributed by atoms with Crippen LogP contribution in [0, 0.1) is 13.8 Å². The van der Waals surface area contributed by atoms with Crippen molar-refractivity contribution in [3.63, 3.8) is 0 Å². The third kappa shape index (κ3) is 4.34. The molecule has 0 aliphatic rings. The third-order valence-corrected chi connectivity index (χ3v) is 2.08. The first-order chi connectivity index (χ1) is 7.79. The van der Waals surface area contributed by atoms with E-state index in [1.807, 2.05) is 0 Å². The zero-order valence-electron chi connectivity index (χ0n) is 9.39. The number of para-hydroxylation sites is 1. The zero-order valence-corrected chi connectivity index (χ0v) is 9.39. The fourth-order valence-electron chi connectivity index (χ4n) is 1.30. The lowest BCUT2D eigenvalue weighted by Crippen LogP contribution is -2.23. The number of hydrogen-bond acceptors (Lipinski definition) is 2. The van der Waals surface area contributed by atoms with Crippen LogP contribution in [-0.2, 0) is 4.74 Å². The lowest BCUT2D eigenvalue weighted by Gasteiger charge is -2.12. The van der Waals surface area contributed by atoms with Gasteiger partial charge in [0.25, 0.3) is 0 Å². The van der Waals surface area contributed by atoms with Gasteiger partial charge in [0, 0.05) is 5.69 Å². The normalized spacial score (nSPS) is 11.1. The van der Waals surface area contributed by atoms with E-state index in [2.05, 4.69) is 10.1 Å². The lowest BCUT2D eigenvalue weighted by atomic mass is 10.1. The second-order valence-corrected chi connectivity index (χ2v) is 3.58. The molecule has 0 saturated heterocycles. The highest BCUT2D eigenvalue weighted by atomic mass is 19.4. The molecule has 6 heteroatoms. The minimum atomic E-state index is -4.52. The summed E-state index contributed by atoms with van der Waals surface area (Å²) in [6.07, 6.45) is -5.63. The van der Waals surface area contributed by atoms with Gasteiger partial charge in [0.1, 0.15) is 0 Å². The van der Waals surface area contributed by atoms with Gasteiger partial charge in [-0.25, -0.2) is 4.79 Å². The Kier molecular flexibility index (Phi) is 3.98. The van der Waals surface area contributed by atoms with Crippen molar-refractivity contribution in [3.8, 4) is 0 Å². The Morgan fingerprint density at radius 2 is 1.82 bits per heavy atom. The molecule has 0 aromatic heterocycles. The van der Waals surface area contributed by atoms with Crippen LogP contribution in [0.2, 0.25) is 0 Å². The van der Waals surface area contributed by atoms with E-state index < -0.39 is 18.9 Å².